The number of rotatable bonds is 1. The fourth-order valence-corrected chi connectivity index (χ4v) is 1.53. The number of carbonyl (C=O) groups excluding carboxylic acids is 1. The molecule has 1 saturated heterocycles. The zero-order valence-corrected chi connectivity index (χ0v) is 6.95. The first-order valence-corrected chi connectivity index (χ1v) is 4.12. The normalized spacial score (nSPS) is 33.6. The third kappa shape index (κ3) is 1.22. The summed E-state index contributed by atoms with van der Waals surface area (Å²) in [5.41, 5.74) is 0.543. The van der Waals surface area contributed by atoms with E-state index < -0.39 is 0 Å². The van der Waals surface area contributed by atoms with Crippen LogP contribution in [0.2, 0.25) is 0 Å². The van der Waals surface area contributed by atoms with E-state index in [2.05, 4.69) is 5.16 Å². The maximum Gasteiger partial charge on any atom is 0.230 e. The number of hydrogen-bond acceptors (Lipinski definition) is 4. The van der Waals surface area contributed by atoms with Gasteiger partial charge in [0, 0.05) is 19.3 Å². The molecule has 0 spiro atoms. The van der Waals surface area contributed by atoms with E-state index in [0.29, 0.717) is 18.1 Å². The molecule has 0 aliphatic carbocycles. The van der Waals surface area contributed by atoms with Crippen molar-refractivity contribution < 1.29 is 14.4 Å². The number of hydrogen-bond donors (Lipinski definition) is 0. The molecule has 0 amide bonds. The lowest BCUT2D eigenvalue weighted by Gasteiger charge is -2.21. The van der Waals surface area contributed by atoms with Crippen LogP contribution in [0.25, 0.3) is 0 Å². The molecule has 0 bridgehead atoms. The van der Waals surface area contributed by atoms with Crippen molar-refractivity contribution in [3.05, 3.63) is 0 Å². The molecule has 2 aliphatic rings. The van der Waals surface area contributed by atoms with E-state index in [4.69, 9.17) is 9.57 Å². The Morgan fingerprint density at radius 2 is 2.50 bits per heavy atom. The Kier molecular flexibility index (Phi) is 1.84. The molecule has 0 aromatic carbocycles. The summed E-state index contributed by atoms with van der Waals surface area (Å²) < 4.78 is 5.24. The number of ether oxygens (including phenoxy) is 1. The Bertz CT molecular complexity index is 236. The highest BCUT2D eigenvalue weighted by atomic mass is 16.8. The first-order valence-electron chi connectivity index (χ1n) is 4.12. The highest BCUT2D eigenvalue weighted by molar-refractivity contribution is 6.38. The first kappa shape index (κ1) is 7.73. The highest BCUT2D eigenvalue weighted by Gasteiger charge is 2.35. The van der Waals surface area contributed by atoms with E-state index in [0.717, 1.165) is 13.0 Å². The van der Waals surface area contributed by atoms with E-state index in [1.54, 1.807) is 0 Å². The molecule has 0 saturated carbocycles. The minimum atomic E-state index is -0.201. The molecule has 0 aromatic heterocycles. The molecule has 2 rings (SSSR count). The summed E-state index contributed by atoms with van der Waals surface area (Å²) in [6.07, 6.45) is 1.48. The maximum absolute atomic E-state index is 10.9. The summed E-state index contributed by atoms with van der Waals surface area (Å²) in [5, 5.41) is 3.71. The van der Waals surface area contributed by atoms with E-state index >= 15 is 0 Å². The summed E-state index contributed by atoms with van der Waals surface area (Å²) in [7, 11) is 0. The molecule has 0 N–H and O–H groups in total. The van der Waals surface area contributed by atoms with E-state index in [1.807, 2.05) is 0 Å². The van der Waals surface area contributed by atoms with Crippen LogP contribution < -0.4 is 0 Å². The number of oxime groups is 1. The third-order valence-corrected chi connectivity index (χ3v) is 2.28. The zero-order chi connectivity index (χ0) is 8.55. The van der Waals surface area contributed by atoms with Crippen molar-refractivity contribution in [2.45, 2.75) is 26.1 Å². The van der Waals surface area contributed by atoms with Gasteiger partial charge in [0.2, 0.25) is 6.29 Å². The smallest absolute Gasteiger partial charge is 0.230 e. The van der Waals surface area contributed by atoms with Crippen LogP contribution in [0, 0.1) is 5.92 Å². The van der Waals surface area contributed by atoms with Gasteiger partial charge in [-0.05, 0) is 6.42 Å². The zero-order valence-electron chi connectivity index (χ0n) is 6.95. The van der Waals surface area contributed by atoms with Gasteiger partial charge < -0.3 is 9.57 Å². The highest BCUT2D eigenvalue weighted by Crippen LogP contribution is 2.28. The summed E-state index contributed by atoms with van der Waals surface area (Å²) in [6.45, 7) is 2.23. The lowest BCUT2D eigenvalue weighted by molar-refractivity contribution is -0.138. The number of carbonyl (C=O) groups is 1. The SMILES string of the molecule is CC(=O)C1=NOC2OCCC2C1. The van der Waals surface area contributed by atoms with Gasteiger partial charge in [0.25, 0.3) is 0 Å². The summed E-state index contributed by atoms with van der Waals surface area (Å²) in [5.74, 6) is 0.335. The molecule has 66 valence electrons. The van der Waals surface area contributed by atoms with Gasteiger partial charge in [0.1, 0.15) is 5.71 Å². The van der Waals surface area contributed by atoms with E-state index in [1.165, 1.54) is 6.92 Å². The van der Waals surface area contributed by atoms with Gasteiger partial charge in [-0.25, -0.2) is 0 Å². The monoisotopic (exact) mass is 169 g/mol. The molecule has 0 radical (unpaired) electrons. The summed E-state index contributed by atoms with van der Waals surface area (Å²) in [6, 6.07) is 0. The number of ketones is 1. The molecule has 4 nitrogen and oxygen atoms in total. The van der Waals surface area contributed by atoms with Crippen LogP contribution in [0.15, 0.2) is 5.16 Å². The van der Waals surface area contributed by atoms with Crippen LogP contribution in [0.5, 0.6) is 0 Å². The van der Waals surface area contributed by atoms with Crippen molar-refractivity contribution in [3.63, 3.8) is 0 Å². The second-order valence-corrected chi connectivity index (χ2v) is 3.19. The van der Waals surface area contributed by atoms with E-state index in [-0.39, 0.29) is 12.1 Å². The van der Waals surface area contributed by atoms with Crippen molar-refractivity contribution in [1.29, 1.82) is 0 Å². The largest absolute Gasteiger partial charge is 0.363 e. The second-order valence-electron chi connectivity index (χ2n) is 3.19. The molecule has 2 unspecified atom stereocenters. The number of Topliss-reactive ketones (excluding diaryl/α,β-unsaturated/α-hetero) is 1. The molecular weight excluding hydrogens is 158 g/mol. The maximum atomic E-state index is 10.9. The molecule has 0 aromatic rings. The van der Waals surface area contributed by atoms with Crippen LogP contribution in [0.1, 0.15) is 19.8 Å². The van der Waals surface area contributed by atoms with Gasteiger partial charge in [-0.1, -0.05) is 5.16 Å². The molecule has 2 atom stereocenters. The minimum Gasteiger partial charge on any atom is -0.363 e. The van der Waals surface area contributed by atoms with Crippen molar-refractivity contribution in [1.82, 2.24) is 0 Å². The van der Waals surface area contributed by atoms with Crippen molar-refractivity contribution in [2.75, 3.05) is 6.61 Å². The topological polar surface area (TPSA) is 47.9 Å². The average molecular weight is 169 g/mol. The standard InChI is InChI=1S/C8H11NO3/c1-5(10)7-4-6-2-3-11-8(6)12-9-7/h6,8H,2-4H2,1H3. The minimum absolute atomic E-state index is 0.000324. The van der Waals surface area contributed by atoms with Crippen LogP contribution >= 0.6 is 0 Å². The number of nitrogens with zero attached hydrogens (tertiary/aromatic N) is 1. The Hall–Kier alpha value is -0.900. The summed E-state index contributed by atoms with van der Waals surface area (Å²) >= 11 is 0. The lowest BCUT2D eigenvalue weighted by atomic mass is 9.98. The molecule has 12 heavy (non-hydrogen) atoms. The van der Waals surface area contributed by atoms with E-state index in [9.17, 15) is 4.79 Å². The van der Waals surface area contributed by atoms with Gasteiger partial charge in [-0.2, -0.15) is 0 Å². The van der Waals surface area contributed by atoms with Gasteiger partial charge in [-0.15, -0.1) is 0 Å². The summed E-state index contributed by atoms with van der Waals surface area (Å²) in [4.78, 5) is 16.0. The molecular formula is C8H11NO3. The predicted octanol–water partition coefficient (Wildman–Crippen LogP) is 0.714. The predicted molar refractivity (Wildman–Crippen MR) is 41.7 cm³/mol. The first-order chi connectivity index (χ1) is 5.77. The van der Waals surface area contributed by atoms with Gasteiger partial charge in [0.15, 0.2) is 5.78 Å². The lowest BCUT2D eigenvalue weighted by Crippen LogP contribution is -2.28. The molecule has 2 aliphatic heterocycles. The van der Waals surface area contributed by atoms with Crippen molar-refractivity contribution >= 4 is 11.5 Å². The van der Waals surface area contributed by atoms with Crippen LogP contribution in [0.4, 0.5) is 0 Å². The Balaban J connectivity index is 2.09. The Labute approximate surface area is 70.5 Å². The van der Waals surface area contributed by atoms with Gasteiger partial charge >= 0.3 is 0 Å². The Morgan fingerprint density at radius 1 is 1.67 bits per heavy atom. The van der Waals surface area contributed by atoms with Crippen molar-refractivity contribution in [2.24, 2.45) is 11.1 Å². The molecule has 4 heteroatoms. The van der Waals surface area contributed by atoms with Gasteiger partial charge in [0.05, 0.1) is 6.61 Å². The Morgan fingerprint density at radius 3 is 3.25 bits per heavy atom. The van der Waals surface area contributed by atoms with Crippen LogP contribution in [0.3, 0.4) is 0 Å². The average Bonchev–Trinajstić information content (AvgIpc) is 2.49. The second kappa shape index (κ2) is 2.86. The molecule has 1 fully saturated rings. The van der Waals surface area contributed by atoms with Crippen molar-refractivity contribution in [3.8, 4) is 0 Å². The quantitative estimate of drug-likeness (QED) is 0.581. The molecule has 2 heterocycles. The fourth-order valence-electron chi connectivity index (χ4n) is 1.53. The van der Waals surface area contributed by atoms with Crippen LogP contribution in [-0.4, -0.2) is 24.4 Å². The number of fused-ring (bicyclic) bond motifs is 1. The van der Waals surface area contributed by atoms with Crippen LogP contribution in [-0.2, 0) is 14.4 Å². The van der Waals surface area contributed by atoms with Gasteiger partial charge in [-0.3, -0.25) is 4.79 Å². The fraction of sp³-hybridized carbons (Fsp3) is 0.750. The third-order valence-electron chi connectivity index (χ3n) is 2.28.